The first kappa shape index (κ1) is 18.7. The Balaban J connectivity index is 1.53. The van der Waals surface area contributed by atoms with Crippen LogP contribution in [-0.4, -0.2) is 58.9 Å². The molecule has 3 rings (SSSR count). The monoisotopic (exact) mass is 372 g/mol. The fourth-order valence-corrected chi connectivity index (χ4v) is 3.08. The summed E-state index contributed by atoms with van der Waals surface area (Å²) in [6.45, 7) is 6.69. The van der Waals surface area contributed by atoms with Gasteiger partial charge in [0, 0.05) is 26.2 Å². The Bertz CT molecular complexity index is 651. The predicted octanol–water partition coefficient (Wildman–Crippen LogP) is 3.20. The van der Waals surface area contributed by atoms with Crippen molar-refractivity contribution in [1.82, 2.24) is 14.9 Å². The highest BCUT2D eigenvalue weighted by molar-refractivity contribution is 5.69. The lowest BCUT2D eigenvalue weighted by molar-refractivity contribution is -0.168. The Morgan fingerprint density at radius 2 is 1.77 bits per heavy atom. The first-order chi connectivity index (χ1) is 12.0. The molecule has 0 spiro atoms. The number of rotatable bonds is 2. The lowest BCUT2D eigenvalue weighted by Gasteiger charge is -2.38. The maximum absolute atomic E-state index is 12.8. The van der Waals surface area contributed by atoms with Crippen molar-refractivity contribution in [3.05, 3.63) is 18.2 Å². The van der Waals surface area contributed by atoms with Crippen LogP contribution in [0.2, 0.25) is 0 Å². The lowest BCUT2D eigenvalue weighted by atomic mass is 10.00. The van der Waals surface area contributed by atoms with E-state index in [0.717, 1.165) is 0 Å². The minimum absolute atomic E-state index is 0.0260. The Morgan fingerprint density at radius 3 is 2.27 bits per heavy atom. The number of alkyl halides is 3. The average Bonchev–Trinajstić information content (AvgIpc) is 2.94. The van der Waals surface area contributed by atoms with Crippen molar-refractivity contribution in [1.29, 1.82) is 0 Å². The summed E-state index contributed by atoms with van der Waals surface area (Å²) in [5.41, 5.74) is 0.0634. The summed E-state index contributed by atoms with van der Waals surface area (Å²) in [5, 5.41) is 0. The van der Waals surface area contributed by atoms with Crippen LogP contribution in [0, 0.1) is 5.92 Å². The maximum Gasteiger partial charge on any atom is 0.410 e. The number of aromatic nitrogens is 2. The van der Waals surface area contributed by atoms with Crippen LogP contribution in [0.1, 0.15) is 38.9 Å². The Hall–Kier alpha value is -2.06. The molecular formula is C17H23F3N4O2. The summed E-state index contributed by atoms with van der Waals surface area (Å²) in [4.78, 5) is 23.7. The number of hydrogen-bond acceptors (Lipinski definition) is 5. The third-order valence-corrected chi connectivity index (χ3v) is 4.57. The molecule has 1 aromatic rings. The lowest BCUT2D eigenvalue weighted by Crippen LogP contribution is -2.50. The fraction of sp³-hybridized carbons (Fsp3) is 0.706. The average molecular weight is 372 g/mol. The van der Waals surface area contributed by atoms with Crippen LogP contribution >= 0.6 is 0 Å². The number of carbonyl (C=O) groups is 1. The minimum Gasteiger partial charge on any atom is -0.444 e. The second-order valence-electron chi connectivity index (χ2n) is 7.85. The highest BCUT2D eigenvalue weighted by Gasteiger charge is 2.43. The molecule has 1 aromatic heterocycles. The molecule has 2 aliphatic heterocycles. The molecule has 0 saturated carbocycles. The third-order valence-electron chi connectivity index (χ3n) is 4.57. The number of hydrogen-bond donors (Lipinski definition) is 0. The van der Waals surface area contributed by atoms with Gasteiger partial charge in [0.15, 0.2) is 0 Å². The number of nitrogens with zero attached hydrogens (tertiary/aromatic N) is 4. The minimum atomic E-state index is -4.16. The molecular weight excluding hydrogens is 349 g/mol. The summed E-state index contributed by atoms with van der Waals surface area (Å²) in [7, 11) is 0. The summed E-state index contributed by atoms with van der Waals surface area (Å²) in [6.07, 6.45) is -1.29. The zero-order valence-corrected chi connectivity index (χ0v) is 15.1. The number of halogens is 3. The summed E-state index contributed by atoms with van der Waals surface area (Å²) in [6, 6.07) is 0. The van der Waals surface area contributed by atoms with Crippen molar-refractivity contribution in [2.75, 3.05) is 31.1 Å². The zero-order valence-electron chi connectivity index (χ0n) is 15.1. The summed E-state index contributed by atoms with van der Waals surface area (Å²) < 4.78 is 43.6. The second kappa shape index (κ2) is 6.59. The molecule has 2 fully saturated rings. The van der Waals surface area contributed by atoms with Gasteiger partial charge in [-0.25, -0.2) is 14.8 Å². The number of anilines is 1. The quantitative estimate of drug-likeness (QED) is 0.798. The second-order valence-corrected chi connectivity index (χ2v) is 7.85. The van der Waals surface area contributed by atoms with Crippen LogP contribution in [0.5, 0.6) is 0 Å². The van der Waals surface area contributed by atoms with E-state index in [0.29, 0.717) is 31.1 Å². The van der Waals surface area contributed by atoms with Crippen molar-refractivity contribution in [3.63, 3.8) is 0 Å². The molecule has 0 aliphatic carbocycles. The van der Waals surface area contributed by atoms with E-state index >= 15 is 0 Å². The molecule has 0 aromatic carbocycles. The molecule has 1 amide bonds. The molecule has 144 valence electrons. The number of ether oxygens (including phenoxy) is 1. The van der Waals surface area contributed by atoms with Crippen molar-refractivity contribution < 1.29 is 22.7 Å². The Labute approximate surface area is 150 Å². The molecule has 1 unspecified atom stereocenters. The zero-order chi connectivity index (χ0) is 19.1. The number of amides is 1. The van der Waals surface area contributed by atoms with E-state index in [4.69, 9.17) is 4.74 Å². The summed E-state index contributed by atoms with van der Waals surface area (Å²) in [5.74, 6) is -0.672. The highest BCUT2D eigenvalue weighted by atomic mass is 19.4. The van der Waals surface area contributed by atoms with Gasteiger partial charge in [-0.15, -0.1) is 0 Å². The van der Waals surface area contributed by atoms with Gasteiger partial charge in [-0.3, -0.25) is 0 Å². The first-order valence-electron chi connectivity index (χ1n) is 8.64. The van der Waals surface area contributed by atoms with Crippen LogP contribution in [0.3, 0.4) is 0 Å². The van der Waals surface area contributed by atoms with Crippen molar-refractivity contribution in [3.8, 4) is 0 Å². The van der Waals surface area contributed by atoms with Crippen LogP contribution < -0.4 is 4.90 Å². The Kier molecular flexibility index (Phi) is 4.74. The van der Waals surface area contributed by atoms with Crippen LogP contribution in [0.4, 0.5) is 23.7 Å². The molecule has 0 N–H and O–H groups in total. The molecule has 1 atom stereocenters. The first-order valence-corrected chi connectivity index (χ1v) is 8.64. The van der Waals surface area contributed by atoms with E-state index in [-0.39, 0.29) is 25.0 Å². The molecule has 3 heterocycles. The topological polar surface area (TPSA) is 58.6 Å². The molecule has 9 heteroatoms. The van der Waals surface area contributed by atoms with Gasteiger partial charge in [0.2, 0.25) is 0 Å². The highest BCUT2D eigenvalue weighted by Crippen LogP contribution is 2.35. The van der Waals surface area contributed by atoms with E-state index < -0.39 is 17.7 Å². The van der Waals surface area contributed by atoms with E-state index in [1.165, 1.54) is 0 Å². The Morgan fingerprint density at radius 1 is 1.15 bits per heavy atom. The van der Waals surface area contributed by atoms with Crippen molar-refractivity contribution >= 4 is 11.8 Å². The fourth-order valence-electron chi connectivity index (χ4n) is 3.08. The number of carbonyl (C=O) groups excluding carboxylic acids is 1. The summed E-state index contributed by atoms with van der Waals surface area (Å²) >= 11 is 0. The van der Waals surface area contributed by atoms with Crippen LogP contribution in [0.15, 0.2) is 12.4 Å². The molecule has 6 nitrogen and oxygen atoms in total. The largest absolute Gasteiger partial charge is 0.444 e. The van der Waals surface area contributed by atoms with Crippen molar-refractivity contribution in [2.24, 2.45) is 5.92 Å². The third kappa shape index (κ3) is 4.19. The van der Waals surface area contributed by atoms with Gasteiger partial charge in [0.25, 0.3) is 0 Å². The maximum atomic E-state index is 12.8. The van der Waals surface area contributed by atoms with E-state index in [1.54, 1.807) is 22.2 Å². The van der Waals surface area contributed by atoms with E-state index in [9.17, 15) is 18.0 Å². The van der Waals surface area contributed by atoms with Gasteiger partial charge >= 0.3 is 12.3 Å². The van der Waals surface area contributed by atoms with Gasteiger partial charge in [-0.05, 0) is 27.2 Å². The molecule has 26 heavy (non-hydrogen) atoms. The predicted molar refractivity (Wildman–Crippen MR) is 89.0 cm³/mol. The molecule has 0 bridgehead atoms. The van der Waals surface area contributed by atoms with E-state index in [2.05, 4.69) is 9.97 Å². The smallest absolute Gasteiger partial charge is 0.410 e. The van der Waals surface area contributed by atoms with Gasteiger partial charge < -0.3 is 14.5 Å². The SMILES string of the molecule is CC(C)(C)OC(=O)N1CC(c2ncc(N3CCC(C(F)(F)F)C3)cn2)C1. The molecule has 2 saturated heterocycles. The molecule has 0 radical (unpaired) electrons. The van der Waals surface area contributed by atoms with E-state index in [1.807, 2.05) is 20.8 Å². The van der Waals surface area contributed by atoms with Gasteiger partial charge in [0.05, 0.1) is 29.9 Å². The molecule has 2 aliphatic rings. The standard InChI is InChI=1S/C17H23F3N4O2/c1-16(2,3)26-15(25)24-8-11(9-24)14-21-6-13(7-22-14)23-5-4-12(10-23)17(18,19)20/h6-7,11-12H,4-5,8-10H2,1-3H3. The van der Waals surface area contributed by atoms with Gasteiger partial charge in [-0.2, -0.15) is 13.2 Å². The van der Waals surface area contributed by atoms with Crippen molar-refractivity contribution in [2.45, 2.75) is 44.9 Å². The number of likely N-dealkylation sites (tertiary alicyclic amines) is 1. The normalized spacial score (nSPS) is 21.7. The van der Waals surface area contributed by atoms with Crippen LogP contribution in [0.25, 0.3) is 0 Å². The van der Waals surface area contributed by atoms with Crippen LogP contribution in [-0.2, 0) is 4.74 Å². The van der Waals surface area contributed by atoms with Gasteiger partial charge in [0.1, 0.15) is 11.4 Å². The van der Waals surface area contributed by atoms with Gasteiger partial charge in [-0.1, -0.05) is 0 Å².